The van der Waals surface area contributed by atoms with Gasteiger partial charge in [-0.3, -0.25) is 0 Å². The maximum Gasteiger partial charge on any atom is 0.214 e. The summed E-state index contributed by atoms with van der Waals surface area (Å²) in [4.78, 5) is 0. The summed E-state index contributed by atoms with van der Waals surface area (Å²) < 4.78 is 25.5. The molecule has 0 aromatic heterocycles. The summed E-state index contributed by atoms with van der Waals surface area (Å²) in [6.45, 7) is 6.26. The summed E-state index contributed by atoms with van der Waals surface area (Å²) in [7, 11) is -3.01. The Hall–Kier alpha value is -0.130. The van der Waals surface area contributed by atoms with Crippen molar-refractivity contribution in [3.63, 3.8) is 0 Å². The van der Waals surface area contributed by atoms with Crippen molar-refractivity contribution in [2.75, 3.05) is 25.4 Å². The molecule has 15 heavy (non-hydrogen) atoms. The van der Waals surface area contributed by atoms with Crippen molar-refractivity contribution in [2.45, 2.75) is 39.2 Å². The first-order valence-electron chi connectivity index (χ1n) is 5.77. The van der Waals surface area contributed by atoms with Crippen molar-refractivity contribution in [3.05, 3.63) is 0 Å². The van der Waals surface area contributed by atoms with E-state index in [9.17, 15) is 8.42 Å². The molecule has 1 heterocycles. The van der Waals surface area contributed by atoms with Crippen LogP contribution in [0.1, 0.15) is 33.1 Å². The highest BCUT2D eigenvalue weighted by molar-refractivity contribution is 7.89. The summed E-state index contributed by atoms with van der Waals surface area (Å²) in [5.74, 6) is 0.302. The summed E-state index contributed by atoms with van der Waals surface area (Å²) in [6, 6.07) is 0.268. The highest BCUT2D eigenvalue weighted by Crippen LogP contribution is 2.09. The van der Waals surface area contributed by atoms with Crippen LogP contribution in [-0.4, -0.2) is 44.2 Å². The Balaban J connectivity index is 2.59. The fourth-order valence-electron chi connectivity index (χ4n) is 1.77. The van der Waals surface area contributed by atoms with Gasteiger partial charge in [0.25, 0.3) is 0 Å². The highest BCUT2D eigenvalue weighted by Gasteiger charge is 2.24. The third-order valence-electron chi connectivity index (χ3n) is 2.70. The van der Waals surface area contributed by atoms with Gasteiger partial charge in [-0.2, -0.15) is 0 Å². The minimum Gasteiger partial charge on any atom is -0.313 e. The van der Waals surface area contributed by atoms with Gasteiger partial charge >= 0.3 is 0 Å². The normalized spacial score (nSPS) is 25.1. The van der Waals surface area contributed by atoms with Gasteiger partial charge in [-0.15, -0.1) is 0 Å². The Labute approximate surface area is 93.1 Å². The molecule has 1 aliphatic heterocycles. The zero-order valence-electron chi connectivity index (χ0n) is 9.70. The van der Waals surface area contributed by atoms with E-state index in [0.717, 1.165) is 25.8 Å². The second kappa shape index (κ2) is 5.82. The van der Waals surface area contributed by atoms with Crippen LogP contribution < -0.4 is 5.32 Å². The van der Waals surface area contributed by atoms with Crippen molar-refractivity contribution in [3.8, 4) is 0 Å². The van der Waals surface area contributed by atoms with Crippen LogP contribution in [0.25, 0.3) is 0 Å². The van der Waals surface area contributed by atoms with Gasteiger partial charge in [0.05, 0.1) is 5.75 Å². The van der Waals surface area contributed by atoms with E-state index in [1.165, 1.54) is 0 Å². The minimum atomic E-state index is -3.01. The lowest BCUT2D eigenvalue weighted by atomic mass is 10.3. The molecule has 0 saturated carbocycles. The van der Waals surface area contributed by atoms with Crippen LogP contribution in [0.2, 0.25) is 0 Å². The topological polar surface area (TPSA) is 49.4 Å². The zero-order chi connectivity index (χ0) is 11.3. The molecule has 0 spiro atoms. The summed E-state index contributed by atoms with van der Waals surface area (Å²) in [6.07, 6.45) is 2.61. The monoisotopic (exact) mass is 234 g/mol. The molecule has 1 fully saturated rings. The summed E-state index contributed by atoms with van der Waals surface area (Å²) in [5, 5.41) is 3.30. The SMILES string of the molecule is CCCCS(=O)(=O)N1CCCNC(C)C1. The van der Waals surface area contributed by atoms with E-state index in [1.54, 1.807) is 4.31 Å². The molecule has 1 saturated heterocycles. The molecule has 0 amide bonds. The Bertz CT molecular complexity index is 277. The van der Waals surface area contributed by atoms with Crippen LogP contribution in [0.15, 0.2) is 0 Å². The maximum absolute atomic E-state index is 11.9. The maximum atomic E-state index is 11.9. The third-order valence-corrected chi connectivity index (χ3v) is 4.63. The third kappa shape index (κ3) is 4.09. The zero-order valence-corrected chi connectivity index (χ0v) is 10.5. The Kier molecular flexibility index (Phi) is 5.02. The molecule has 0 aromatic rings. The standard InChI is InChI=1S/C10H22N2O2S/c1-3-4-8-15(13,14)12-7-5-6-11-10(2)9-12/h10-11H,3-9H2,1-2H3. The van der Waals surface area contributed by atoms with Crippen molar-refractivity contribution in [1.82, 2.24) is 9.62 Å². The number of rotatable bonds is 4. The minimum absolute atomic E-state index is 0.268. The summed E-state index contributed by atoms with van der Waals surface area (Å²) >= 11 is 0. The van der Waals surface area contributed by atoms with Gasteiger partial charge < -0.3 is 5.32 Å². The van der Waals surface area contributed by atoms with Gasteiger partial charge in [0.2, 0.25) is 10.0 Å². The quantitative estimate of drug-likeness (QED) is 0.783. The van der Waals surface area contributed by atoms with E-state index in [4.69, 9.17) is 0 Å². The predicted molar refractivity (Wildman–Crippen MR) is 62.3 cm³/mol. The van der Waals surface area contributed by atoms with Gasteiger partial charge in [-0.05, 0) is 26.3 Å². The Morgan fingerprint density at radius 2 is 2.20 bits per heavy atom. The van der Waals surface area contributed by atoms with E-state index >= 15 is 0 Å². The molecule has 5 heteroatoms. The number of nitrogens with zero attached hydrogens (tertiary/aromatic N) is 1. The number of nitrogens with one attached hydrogen (secondary N) is 1. The molecule has 1 atom stereocenters. The highest BCUT2D eigenvalue weighted by atomic mass is 32.2. The van der Waals surface area contributed by atoms with Crippen LogP contribution in [0.5, 0.6) is 0 Å². The van der Waals surface area contributed by atoms with Crippen molar-refractivity contribution < 1.29 is 8.42 Å². The lowest BCUT2D eigenvalue weighted by Crippen LogP contribution is -2.39. The molecule has 0 radical (unpaired) electrons. The van der Waals surface area contributed by atoms with E-state index in [-0.39, 0.29) is 6.04 Å². The molecule has 0 bridgehead atoms. The van der Waals surface area contributed by atoms with E-state index in [0.29, 0.717) is 18.8 Å². The Morgan fingerprint density at radius 1 is 1.47 bits per heavy atom. The summed E-state index contributed by atoms with van der Waals surface area (Å²) in [5.41, 5.74) is 0. The van der Waals surface area contributed by atoms with Gasteiger partial charge in [0.1, 0.15) is 0 Å². The van der Waals surface area contributed by atoms with Gasteiger partial charge in [-0.25, -0.2) is 12.7 Å². The lowest BCUT2D eigenvalue weighted by Gasteiger charge is -2.21. The molecule has 0 aliphatic carbocycles. The first kappa shape index (κ1) is 12.9. The number of sulfonamides is 1. The molecule has 1 N–H and O–H groups in total. The Morgan fingerprint density at radius 3 is 2.87 bits per heavy atom. The van der Waals surface area contributed by atoms with Gasteiger partial charge in [0, 0.05) is 19.1 Å². The van der Waals surface area contributed by atoms with Crippen LogP contribution >= 0.6 is 0 Å². The van der Waals surface area contributed by atoms with Crippen LogP contribution in [0.4, 0.5) is 0 Å². The predicted octanol–water partition coefficient (Wildman–Crippen LogP) is 0.800. The fraction of sp³-hybridized carbons (Fsp3) is 1.00. The van der Waals surface area contributed by atoms with Crippen molar-refractivity contribution in [1.29, 1.82) is 0 Å². The first-order valence-corrected chi connectivity index (χ1v) is 7.38. The largest absolute Gasteiger partial charge is 0.313 e. The van der Waals surface area contributed by atoms with Gasteiger partial charge in [-0.1, -0.05) is 13.3 Å². The molecule has 1 unspecified atom stereocenters. The molecule has 0 aromatic carbocycles. The second-order valence-corrected chi connectivity index (χ2v) is 6.32. The molecular formula is C10H22N2O2S. The molecular weight excluding hydrogens is 212 g/mol. The number of hydrogen-bond donors (Lipinski definition) is 1. The van der Waals surface area contributed by atoms with Crippen LogP contribution in [0.3, 0.4) is 0 Å². The van der Waals surface area contributed by atoms with E-state index in [1.807, 2.05) is 13.8 Å². The smallest absolute Gasteiger partial charge is 0.214 e. The van der Waals surface area contributed by atoms with Crippen LogP contribution in [-0.2, 0) is 10.0 Å². The average Bonchev–Trinajstić information content (AvgIpc) is 2.40. The average molecular weight is 234 g/mol. The van der Waals surface area contributed by atoms with E-state index < -0.39 is 10.0 Å². The molecule has 1 rings (SSSR count). The lowest BCUT2D eigenvalue weighted by molar-refractivity contribution is 0.402. The second-order valence-electron chi connectivity index (χ2n) is 4.24. The van der Waals surface area contributed by atoms with Gasteiger partial charge in [0.15, 0.2) is 0 Å². The van der Waals surface area contributed by atoms with Crippen molar-refractivity contribution in [2.24, 2.45) is 0 Å². The first-order chi connectivity index (χ1) is 7.06. The van der Waals surface area contributed by atoms with E-state index in [2.05, 4.69) is 5.32 Å². The molecule has 90 valence electrons. The number of hydrogen-bond acceptors (Lipinski definition) is 3. The molecule has 1 aliphatic rings. The number of unbranched alkanes of at least 4 members (excludes halogenated alkanes) is 1. The van der Waals surface area contributed by atoms with Crippen molar-refractivity contribution >= 4 is 10.0 Å². The molecule has 4 nitrogen and oxygen atoms in total. The fourth-order valence-corrected chi connectivity index (χ4v) is 3.54. The van der Waals surface area contributed by atoms with Crippen LogP contribution in [0, 0.1) is 0 Å².